The summed E-state index contributed by atoms with van der Waals surface area (Å²) in [7, 11) is 0. The van der Waals surface area contributed by atoms with E-state index in [-0.39, 0.29) is 24.3 Å². The highest BCUT2D eigenvalue weighted by molar-refractivity contribution is 7.16. The molecule has 1 saturated carbocycles. The van der Waals surface area contributed by atoms with E-state index in [1.165, 1.54) is 11.3 Å². The minimum absolute atomic E-state index is 0.0715. The number of amides is 1. The van der Waals surface area contributed by atoms with Gasteiger partial charge < -0.3 is 15.2 Å². The van der Waals surface area contributed by atoms with Gasteiger partial charge in [-0.25, -0.2) is 4.79 Å². The van der Waals surface area contributed by atoms with Crippen molar-refractivity contribution in [2.75, 3.05) is 11.9 Å². The molecule has 1 aromatic heterocycles. The lowest BCUT2D eigenvalue weighted by Crippen LogP contribution is -2.47. The van der Waals surface area contributed by atoms with Gasteiger partial charge in [0.2, 0.25) is 5.91 Å². The molecule has 2 bridgehead atoms. The summed E-state index contributed by atoms with van der Waals surface area (Å²) >= 11 is 1.34. The van der Waals surface area contributed by atoms with Gasteiger partial charge in [-0.3, -0.25) is 9.59 Å². The highest BCUT2D eigenvalue weighted by Crippen LogP contribution is 2.45. The molecule has 1 fully saturated rings. The van der Waals surface area contributed by atoms with Crippen molar-refractivity contribution in [3.8, 4) is 0 Å². The zero-order valence-electron chi connectivity index (χ0n) is 14.9. The van der Waals surface area contributed by atoms with Crippen LogP contribution in [0.5, 0.6) is 0 Å². The topological polar surface area (TPSA) is 92.7 Å². The van der Waals surface area contributed by atoms with Crippen molar-refractivity contribution in [2.24, 2.45) is 23.7 Å². The Morgan fingerprint density at radius 1 is 1.19 bits per heavy atom. The van der Waals surface area contributed by atoms with Crippen molar-refractivity contribution >= 4 is 34.2 Å². The van der Waals surface area contributed by atoms with E-state index in [9.17, 15) is 19.5 Å². The number of hydrogen-bond donors (Lipinski definition) is 2. The Morgan fingerprint density at radius 2 is 1.85 bits per heavy atom. The molecule has 2 N–H and O–H groups in total. The molecule has 0 aromatic carbocycles. The van der Waals surface area contributed by atoms with Gasteiger partial charge in [-0.05, 0) is 44.1 Å². The van der Waals surface area contributed by atoms with Gasteiger partial charge in [0.15, 0.2) is 0 Å². The first-order valence-electron chi connectivity index (χ1n) is 8.98. The molecule has 3 aliphatic rings. The van der Waals surface area contributed by atoms with Crippen molar-refractivity contribution in [3.05, 3.63) is 28.7 Å². The van der Waals surface area contributed by atoms with E-state index in [0.717, 1.165) is 24.1 Å². The number of carboxylic acids is 1. The maximum absolute atomic E-state index is 12.9. The van der Waals surface area contributed by atoms with Crippen LogP contribution in [0.15, 0.2) is 18.2 Å². The largest absolute Gasteiger partial charge is 0.481 e. The minimum Gasteiger partial charge on any atom is -0.481 e. The van der Waals surface area contributed by atoms with Crippen LogP contribution in [0.4, 0.5) is 5.00 Å². The van der Waals surface area contributed by atoms with Gasteiger partial charge in [-0.1, -0.05) is 19.1 Å². The fourth-order valence-corrected chi connectivity index (χ4v) is 4.94. The molecule has 0 radical (unpaired) electrons. The number of ether oxygens (including phenoxy) is 1. The third kappa shape index (κ3) is 3.40. The highest BCUT2D eigenvalue weighted by atomic mass is 32.1. The standard InChI is InChI=1S/C19H23NO5S/c1-3-12-9-13(19(24)25-4-2)17(26-12)20-16(21)14-10-5-7-11(8-6-10)15(14)18(22)23/h5,7,9-11,14-15H,3-4,6,8H2,1-2H3,(H,20,21)(H,22,23)/t10-,11-,14+,15-/m0/s1. The summed E-state index contributed by atoms with van der Waals surface area (Å²) in [6, 6.07) is 1.74. The highest BCUT2D eigenvalue weighted by Gasteiger charge is 2.48. The van der Waals surface area contributed by atoms with Crippen LogP contribution >= 0.6 is 11.3 Å². The predicted octanol–water partition coefficient (Wildman–Crippen LogP) is 3.34. The van der Waals surface area contributed by atoms with Crippen molar-refractivity contribution < 1.29 is 24.2 Å². The molecule has 7 heteroatoms. The normalized spacial score (nSPS) is 26.5. The molecule has 0 aliphatic heterocycles. The van der Waals surface area contributed by atoms with Gasteiger partial charge in [0, 0.05) is 4.88 Å². The van der Waals surface area contributed by atoms with Gasteiger partial charge in [0.1, 0.15) is 5.00 Å². The monoisotopic (exact) mass is 377 g/mol. The number of fused-ring (bicyclic) bond motifs is 2. The summed E-state index contributed by atoms with van der Waals surface area (Å²) in [5.41, 5.74) is 0.338. The zero-order chi connectivity index (χ0) is 18.8. The fourth-order valence-electron chi connectivity index (χ4n) is 3.95. The molecule has 1 amide bonds. The van der Waals surface area contributed by atoms with Crippen molar-refractivity contribution in [2.45, 2.75) is 33.1 Å². The third-order valence-corrected chi connectivity index (χ3v) is 6.39. The Balaban J connectivity index is 1.85. The molecule has 1 heterocycles. The van der Waals surface area contributed by atoms with Gasteiger partial charge in [0.25, 0.3) is 0 Å². The Kier molecular flexibility index (Phi) is 5.46. The van der Waals surface area contributed by atoms with Gasteiger partial charge in [0.05, 0.1) is 24.0 Å². The Bertz CT molecular complexity index is 753. The number of aryl methyl sites for hydroxylation is 1. The molecule has 140 valence electrons. The molecular formula is C19H23NO5S. The van der Waals surface area contributed by atoms with Crippen LogP contribution in [-0.4, -0.2) is 29.6 Å². The van der Waals surface area contributed by atoms with E-state index in [1.807, 2.05) is 19.1 Å². The average molecular weight is 377 g/mol. The van der Waals surface area contributed by atoms with E-state index in [2.05, 4.69) is 5.32 Å². The molecule has 0 spiro atoms. The second-order valence-electron chi connectivity index (χ2n) is 6.70. The molecular weight excluding hydrogens is 354 g/mol. The second kappa shape index (κ2) is 7.61. The maximum atomic E-state index is 12.9. The summed E-state index contributed by atoms with van der Waals surface area (Å²) in [5.74, 6) is -3.24. The number of allylic oxidation sites excluding steroid dienone is 2. The van der Waals surface area contributed by atoms with Crippen molar-refractivity contribution in [3.63, 3.8) is 0 Å². The van der Waals surface area contributed by atoms with E-state index in [4.69, 9.17) is 4.74 Å². The summed E-state index contributed by atoms with van der Waals surface area (Å²) in [6.45, 7) is 3.95. The fraction of sp³-hybridized carbons (Fsp3) is 0.526. The molecule has 0 saturated heterocycles. The summed E-state index contributed by atoms with van der Waals surface area (Å²) < 4.78 is 5.07. The van der Waals surface area contributed by atoms with Gasteiger partial charge in [-0.2, -0.15) is 0 Å². The number of hydrogen-bond acceptors (Lipinski definition) is 5. The molecule has 4 atom stereocenters. The molecule has 4 rings (SSSR count). The van der Waals surface area contributed by atoms with Gasteiger partial charge in [-0.15, -0.1) is 11.3 Å². The lowest BCUT2D eigenvalue weighted by atomic mass is 9.62. The summed E-state index contributed by atoms with van der Waals surface area (Å²) in [6.07, 6.45) is 6.26. The minimum atomic E-state index is -0.935. The summed E-state index contributed by atoms with van der Waals surface area (Å²) in [5, 5.41) is 12.9. The van der Waals surface area contributed by atoms with Crippen LogP contribution in [0.2, 0.25) is 0 Å². The first kappa shape index (κ1) is 18.6. The lowest BCUT2D eigenvalue weighted by Gasteiger charge is -2.41. The smallest absolute Gasteiger partial charge is 0.341 e. The number of aliphatic carboxylic acids is 1. The van der Waals surface area contributed by atoms with Crippen LogP contribution in [0.3, 0.4) is 0 Å². The van der Waals surface area contributed by atoms with Crippen LogP contribution in [-0.2, 0) is 20.7 Å². The molecule has 3 aliphatic carbocycles. The summed E-state index contributed by atoms with van der Waals surface area (Å²) in [4.78, 5) is 37.8. The van der Waals surface area contributed by atoms with E-state index < -0.39 is 23.8 Å². The van der Waals surface area contributed by atoms with Crippen molar-refractivity contribution in [1.82, 2.24) is 0 Å². The first-order valence-corrected chi connectivity index (χ1v) is 9.79. The number of anilines is 1. The lowest BCUT2D eigenvalue weighted by molar-refractivity contribution is -0.151. The van der Waals surface area contributed by atoms with E-state index in [1.54, 1.807) is 13.0 Å². The number of rotatable bonds is 6. The number of nitrogens with one attached hydrogen (secondary N) is 1. The second-order valence-corrected chi connectivity index (χ2v) is 7.84. The number of esters is 1. The molecule has 1 aromatic rings. The van der Waals surface area contributed by atoms with Crippen LogP contribution < -0.4 is 5.32 Å². The predicted molar refractivity (Wildman–Crippen MR) is 98.3 cm³/mol. The third-order valence-electron chi connectivity index (χ3n) is 5.20. The number of carbonyl (C=O) groups is 3. The SMILES string of the molecule is CCOC(=O)c1cc(CC)sc1NC(=O)[C@H]1[C@@H](C(=O)O)[C@H]2C=C[C@H]1CC2. The molecule has 0 unspecified atom stereocenters. The maximum Gasteiger partial charge on any atom is 0.341 e. The van der Waals surface area contributed by atoms with Crippen LogP contribution in [0.1, 0.15) is 41.9 Å². The zero-order valence-corrected chi connectivity index (χ0v) is 15.7. The van der Waals surface area contributed by atoms with Crippen molar-refractivity contribution in [1.29, 1.82) is 0 Å². The first-order chi connectivity index (χ1) is 12.5. The van der Waals surface area contributed by atoms with Crippen LogP contribution in [0.25, 0.3) is 0 Å². The number of thiophene rings is 1. The Hall–Kier alpha value is -2.15. The van der Waals surface area contributed by atoms with Crippen LogP contribution in [0, 0.1) is 23.7 Å². The molecule has 6 nitrogen and oxygen atoms in total. The number of carbonyl (C=O) groups excluding carboxylic acids is 2. The molecule has 26 heavy (non-hydrogen) atoms. The van der Waals surface area contributed by atoms with E-state index in [0.29, 0.717) is 10.6 Å². The van der Waals surface area contributed by atoms with E-state index >= 15 is 0 Å². The Labute approximate surface area is 156 Å². The quantitative estimate of drug-likeness (QED) is 0.586. The number of carboxylic acid groups (broad SMARTS) is 1. The van der Waals surface area contributed by atoms with Gasteiger partial charge >= 0.3 is 11.9 Å². The average Bonchev–Trinajstić information content (AvgIpc) is 3.05. The Morgan fingerprint density at radius 3 is 2.38 bits per heavy atom.